The number of hydrogen-bond donors (Lipinski definition) is 2. The number of furan rings is 2. The van der Waals surface area contributed by atoms with E-state index in [1.54, 1.807) is 38.1 Å². The van der Waals surface area contributed by atoms with Crippen LogP contribution in [0.4, 0.5) is 0 Å². The Kier molecular flexibility index (Phi) is 16.7. The summed E-state index contributed by atoms with van der Waals surface area (Å²) >= 11 is 3.50. The molecule has 0 bridgehead atoms. The van der Waals surface area contributed by atoms with Crippen molar-refractivity contribution in [2.75, 3.05) is 13.2 Å². The molecule has 0 saturated heterocycles. The Labute approximate surface area is 444 Å². The maximum Gasteiger partial charge on any atom is 0.526 e. The van der Waals surface area contributed by atoms with Gasteiger partial charge in [0.05, 0.1) is 34.1 Å². The van der Waals surface area contributed by atoms with Gasteiger partial charge in [-0.25, -0.2) is 36.6 Å². The van der Waals surface area contributed by atoms with E-state index in [1.165, 1.54) is 0 Å². The lowest BCUT2D eigenvalue weighted by Gasteiger charge is -2.24. The highest BCUT2D eigenvalue weighted by atomic mass is 79.9. The highest BCUT2D eigenvalue weighted by Crippen LogP contribution is 2.38. The standard InChI is InChI=1S/C28H28N2O4S.C20H23BrN2O3S.C8H7BO3/c1-5-33-27(31)23-14-21-16-30(35(32)28(2,3)4)17-22(21)26(29-23)20-11-8-10-18(13-20)25-15-19-9-6-7-12-24(19)34-25;1-5-26-19(24)17-10-14-11-23(27(25)20(2,3)4)12-16(14)18(22-17)13-7-6-8-15(21)9-13;10-9(11)8-5-6-3-1-2-4-7(6)12-8/h6-15H,5,16-17H2,1-4H3;6-10H,5,11-12H2,1-4H3;1-5,10-11H/t35-;27-;/m00./s1. The Morgan fingerprint density at radius 3 is 1.53 bits per heavy atom. The van der Waals surface area contributed by atoms with Crippen LogP contribution in [0, 0.1) is 0 Å². The summed E-state index contributed by atoms with van der Waals surface area (Å²) in [7, 11) is -3.87. The zero-order valence-corrected chi connectivity index (χ0v) is 45.7. The third-order valence-corrected chi connectivity index (χ3v) is 16.0. The molecule has 384 valence electrons. The SMILES string of the molecule is CCOC(=O)c1cc2c(c(-c3cccc(-c4cc5ccccc5o4)c3)n1)CN([S@@](=O)C(C)(C)C)C2.CCOC(=O)c1cc2c(c(-c3cccc(Br)c3)n1)CN([S@@](=O)C(C)(C)C)C2.OB(O)c1cc2ccccc2o1. The molecule has 2 N–H and O–H groups in total. The summed E-state index contributed by atoms with van der Waals surface area (Å²) in [6.45, 7) is 17.9. The number of halogens is 1. The fourth-order valence-corrected chi connectivity index (χ4v) is 11.5. The maximum atomic E-state index is 13.1. The largest absolute Gasteiger partial charge is 0.526 e. The van der Waals surface area contributed by atoms with Gasteiger partial charge < -0.3 is 28.4 Å². The van der Waals surface area contributed by atoms with Gasteiger partial charge in [-0.05, 0) is 132 Å². The molecule has 6 heterocycles. The van der Waals surface area contributed by atoms with Gasteiger partial charge in [0.25, 0.3) is 0 Å². The van der Waals surface area contributed by atoms with Crippen LogP contribution in [-0.2, 0) is 57.6 Å². The van der Waals surface area contributed by atoms with Crippen molar-refractivity contribution < 1.29 is 46.4 Å². The quantitative estimate of drug-likeness (QED) is 0.0977. The Balaban J connectivity index is 0.000000164. The zero-order valence-electron chi connectivity index (χ0n) is 42.5. The molecule has 10 rings (SSSR count). The second kappa shape index (κ2) is 22.8. The van der Waals surface area contributed by atoms with Crippen molar-refractivity contribution >= 4 is 84.6 Å². The summed E-state index contributed by atoms with van der Waals surface area (Å²) in [5.41, 5.74) is 10.3. The van der Waals surface area contributed by atoms with E-state index in [0.717, 1.165) is 71.2 Å². The summed E-state index contributed by atoms with van der Waals surface area (Å²) in [5, 5.41) is 19.5. The molecule has 0 amide bonds. The Hall–Kier alpha value is -6.12. The second-order valence-corrected chi connectivity index (χ2v) is 24.9. The van der Waals surface area contributed by atoms with Gasteiger partial charge in [-0.3, -0.25) is 0 Å². The molecular weight excluding hydrogens is 1040 g/mol. The molecule has 0 spiro atoms. The number of para-hydroxylation sites is 2. The molecule has 4 aromatic carbocycles. The maximum absolute atomic E-state index is 13.1. The van der Waals surface area contributed by atoms with Crippen molar-refractivity contribution in [3.8, 4) is 33.8 Å². The Morgan fingerprint density at radius 1 is 0.608 bits per heavy atom. The van der Waals surface area contributed by atoms with E-state index < -0.39 is 41.0 Å². The normalized spacial score (nSPS) is 14.3. The third kappa shape index (κ3) is 12.3. The van der Waals surface area contributed by atoms with Crippen molar-refractivity contribution in [1.29, 1.82) is 0 Å². The predicted molar refractivity (Wildman–Crippen MR) is 294 cm³/mol. The average molecular weight is 1100 g/mol. The first-order valence-electron chi connectivity index (χ1n) is 24.2. The van der Waals surface area contributed by atoms with Gasteiger partial charge in [0.2, 0.25) is 0 Å². The molecule has 0 saturated carbocycles. The number of carbonyl (C=O) groups excluding carboxylic acids is 2. The van der Waals surface area contributed by atoms with Gasteiger partial charge in [0.1, 0.15) is 55.9 Å². The minimum atomic E-state index is -1.53. The third-order valence-electron chi connectivity index (χ3n) is 11.9. The molecule has 18 heteroatoms. The molecule has 0 aliphatic carbocycles. The van der Waals surface area contributed by atoms with Crippen molar-refractivity contribution in [2.45, 2.75) is 91.1 Å². The van der Waals surface area contributed by atoms with Crippen LogP contribution in [0.5, 0.6) is 0 Å². The van der Waals surface area contributed by atoms with Crippen LogP contribution in [0.25, 0.3) is 55.8 Å². The highest BCUT2D eigenvalue weighted by Gasteiger charge is 2.35. The van der Waals surface area contributed by atoms with E-state index in [-0.39, 0.29) is 33.1 Å². The minimum Gasteiger partial charge on any atom is -0.465 e. The molecule has 8 aromatic rings. The lowest BCUT2D eigenvalue weighted by atomic mass is 9.88. The van der Waals surface area contributed by atoms with Crippen LogP contribution in [0.3, 0.4) is 0 Å². The fourth-order valence-electron chi connectivity index (χ4n) is 8.54. The molecule has 0 unspecified atom stereocenters. The summed E-state index contributed by atoms with van der Waals surface area (Å²) in [5.74, 6) is -0.131. The summed E-state index contributed by atoms with van der Waals surface area (Å²) < 4.78 is 51.7. The number of aromatic nitrogens is 2. The average Bonchev–Trinajstić information content (AvgIpc) is 4.20. The molecule has 2 aliphatic heterocycles. The lowest BCUT2D eigenvalue weighted by molar-refractivity contribution is 0.0510. The number of fused-ring (bicyclic) bond motifs is 4. The van der Waals surface area contributed by atoms with E-state index in [4.69, 9.17) is 33.3 Å². The van der Waals surface area contributed by atoms with Crippen molar-refractivity contribution in [2.24, 2.45) is 0 Å². The van der Waals surface area contributed by atoms with Crippen LogP contribution < -0.4 is 5.66 Å². The van der Waals surface area contributed by atoms with E-state index in [0.29, 0.717) is 44.1 Å². The molecule has 2 aliphatic rings. The Morgan fingerprint density at radius 2 is 1.07 bits per heavy atom. The molecule has 0 radical (unpaired) electrons. The van der Waals surface area contributed by atoms with Gasteiger partial charge in [-0.15, -0.1) is 0 Å². The minimum absolute atomic E-state index is 0.177. The zero-order chi connectivity index (χ0) is 53.1. The number of esters is 2. The number of benzene rings is 4. The Bertz CT molecular complexity index is 3350. The van der Waals surface area contributed by atoms with Gasteiger partial charge in [-0.2, -0.15) is 0 Å². The van der Waals surface area contributed by atoms with Crippen molar-refractivity contribution in [3.05, 3.63) is 159 Å². The molecule has 74 heavy (non-hydrogen) atoms. The molecule has 14 nitrogen and oxygen atoms in total. The fraction of sp³-hybridized carbons (Fsp3) is 0.286. The summed E-state index contributed by atoms with van der Waals surface area (Å²) in [4.78, 5) is 34.3. The number of ether oxygens (including phenoxy) is 2. The summed E-state index contributed by atoms with van der Waals surface area (Å²) in [6.07, 6.45) is 0. The number of hydrogen-bond acceptors (Lipinski definition) is 12. The first-order chi connectivity index (χ1) is 35.2. The van der Waals surface area contributed by atoms with Gasteiger partial charge in [-0.1, -0.05) is 82.7 Å². The monoisotopic (exact) mass is 1100 g/mol. The topological polar surface area (TPSA) is 186 Å². The van der Waals surface area contributed by atoms with Gasteiger partial charge in [0.15, 0.2) is 0 Å². The predicted octanol–water partition coefficient (Wildman–Crippen LogP) is 10.7. The molecule has 4 aromatic heterocycles. The van der Waals surface area contributed by atoms with Gasteiger partial charge in [0, 0.05) is 58.1 Å². The van der Waals surface area contributed by atoms with Crippen LogP contribution in [0.2, 0.25) is 0 Å². The molecule has 2 atom stereocenters. The van der Waals surface area contributed by atoms with E-state index in [9.17, 15) is 18.0 Å². The second-order valence-electron chi connectivity index (χ2n) is 19.5. The van der Waals surface area contributed by atoms with E-state index >= 15 is 0 Å². The number of nitrogens with zero attached hydrogens (tertiary/aromatic N) is 4. The number of rotatable bonds is 10. The smallest absolute Gasteiger partial charge is 0.465 e. The summed E-state index contributed by atoms with van der Waals surface area (Å²) in [6, 6.07) is 38.2. The first kappa shape index (κ1) is 54.2. The van der Waals surface area contributed by atoms with Crippen LogP contribution >= 0.6 is 15.9 Å². The van der Waals surface area contributed by atoms with Gasteiger partial charge >= 0.3 is 19.1 Å². The molecule has 0 fully saturated rings. The first-order valence-corrected chi connectivity index (χ1v) is 27.2. The van der Waals surface area contributed by atoms with Crippen molar-refractivity contribution in [3.63, 3.8) is 0 Å². The lowest BCUT2D eigenvalue weighted by Crippen LogP contribution is -2.34. The van der Waals surface area contributed by atoms with E-state index in [2.05, 4.69) is 20.9 Å². The highest BCUT2D eigenvalue weighted by molar-refractivity contribution is 9.10. The van der Waals surface area contributed by atoms with Crippen molar-refractivity contribution in [1.82, 2.24) is 18.6 Å². The van der Waals surface area contributed by atoms with Crippen LogP contribution in [0.1, 0.15) is 98.6 Å². The number of pyridine rings is 2. The number of carbonyl (C=O) groups is 2. The van der Waals surface area contributed by atoms with Crippen LogP contribution in [0.15, 0.2) is 135 Å². The van der Waals surface area contributed by atoms with Crippen LogP contribution in [-0.4, -0.2) is 78.8 Å². The van der Waals surface area contributed by atoms with E-state index in [1.807, 2.05) is 147 Å². The molecular formula is C56H58BBrN4O10S2.